The summed E-state index contributed by atoms with van der Waals surface area (Å²) >= 11 is 0. The molecule has 0 bridgehead atoms. The molecule has 0 aromatic heterocycles. The minimum absolute atomic E-state index is 0.205. The normalized spacial score (nSPS) is 18.9. The molecule has 3 aromatic rings. The van der Waals surface area contributed by atoms with Gasteiger partial charge in [0, 0.05) is 22.5 Å². The number of carbonyl (C=O) groups excluding carboxylic acids is 4. The predicted octanol–water partition coefficient (Wildman–Crippen LogP) is 5.04. The first-order valence-corrected chi connectivity index (χ1v) is 11.8. The van der Waals surface area contributed by atoms with E-state index in [-0.39, 0.29) is 35.5 Å². The molecule has 1 aliphatic carbocycles. The summed E-state index contributed by atoms with van der Waals surface area (Å²) in [5.74, 6) is -1.67. The Morgan fingerprint density at radius 2 is 1.33 bits per heavy atom. The number of allylic oxidation sites excluding steroid dienone is 2. The molecule has 3 aromatic carbocycles. The lowest BCUT2D eigenvalue weighted by Crippen LogP contribution is -2.31. The van der Waals surface area contributed by atoms with Gasteiger partial charge < -0.3 is 10.6 Å². The summed E-state index contributed by atoms with van der Waals surface area (Å²) in [5.41, 5.74) is 3.56. The molecule has 7 heteroatoms. The van der Waals surface area contributed by atoms with Crippen LogP contribution < -0.4 is 15.5 Å². The molecule has 2 atom stereocenters. The van der Waals surface area contributed by atoms with Gasteiger partial charge in [0.2, 0.25) is 11.8 Å². The van der Waals surface area contributed by atoms with E-state index in [0.29, 0.717) is 41.0 Å². The van der Waals surface area contributed by atoms with Crippen LogP contribution in [0, 0.1) is 11.8 Å². The average molecular weight is 480 g/mol. The van der Waals surface area contributed by atoms with Crippen molar-refractivity contribution in [3.63, 3.8) is 0 Å². The summed E-state index contributed by atoms with van der Waals surface area (Å²) in [6, 6.07) is 22.2. The summed E-state index contributed by atoms with van der Waals surface area (Å²) < 4.78 is 0. The van der Waals surface area contributed by atoms with Crippen molar-refractivity contribution in [3.8, 4) is 0 Å². The minimum atomic E-state index is -0.369. The maximum atomic E-state index is 13.0. The van der Waals surface area contributed by atoms with E-state index < -0.39 is 0 Å². The van der Waals surface area contributed by atoms with Crippen molar-refractivity contribution >= 4 is 40.7 Å². The van der Waals surface area contributed by atoms with Crippen LogP contribution in [0.5, 0.6) is 0 Å². The molecular weight excluding hydrogens is 454 g/mol. The van der Waals surface area contributed by atoms with E-state index in [9.17, 15) is 19.2 Å². The highest BCUT2D eigenvalue weighted by Crippen LogP contribution is 2.39. The van der Waals surface area contributed by atoms with Gasteiger partial charge in [0.15, 0.2) is 0 Å². The Labute approximate surface area is 208 Å². The van der Waals surface area contributed by atoms with Crippen LogP contribution in [-0.4, -0.2) is 23.6 Å². The molecule has 1 saturated heterocycles. The fourth-order valence-electron chi connectivity index (χ4n) is 4.71. The molecule has 0 spiro atoms. The van der Waals surface area contributed by atoms with Crippen molar-refractivity contribution < 1.29 is 19.2 Å². The quantitative estimate of drug-likeness (QED) is 0.396. The largest absolute Gasteiger partial charge is 0.322 e. The van der Waals surface area contributed by atoms with Gasteiger partial charge in [-0.25, -0.2) is 0 Å². The zero-order valence-corrected chi connectivity index (χ0v) is 19.7. The van der Waals surface area contributed by atoms with Gasteiger partial charge in [-0.15, -0.1) is 0 Å². The van der Waals surface area contributed by atoms with Crippen LogP contribution in [0.4, 0.5) is 17.1 Å². The molecule has 2 N–H and O–H groups in total. The van der Waals surface area contributed by atoms with E-state index in [1.807, 2.05) is 19.1 Å². The van der Waals surface area contributed by atoms with Gasteiger partial charge in [-0.1, -0.05) is 35.9 Å². The molecule has 7 nitrogen and oxygen atoms in total. The van der Waals surface area contributed by atoms with E-state index in [1.165, 1.54) is 4.90 Å². The van der Waals surface area contributed by atoms with Crippen molar-refractivity contribution in [2.24, 2.45) is 11.8 Å². The first-order valence-electron chi connectivity index (χ1n) is 11.8. The third-order valence-corrected chi connectivity index (χ3v) is 6.63. The second kappa shape index (κ2) is 9.62. The summed E-state index contributed by atoms with van der Waals surface area (Å²) in [5, 5.41) is 5.63. The molecule has 4 amide bonds. The molecule has 0 radical (unpaired) electrons. The summed E-state index contributed by atoms with van der Waals surface area (Å²) in [7, 11) is 0. The number of fused-ring (bicyclic) bond motifs is 1. The highest BCUT2D eigenvalue weighted by molar-refractivity contribution is 6.22. The van der Waals surface area contributed by atoms with Gasteiger partial charge in [0.25, 0.3) is 11.8 Å². The molecule has 180 valence electrons. The summed E-state index contributed by atoms with van der Waals surface area (Å²) in [6.07, 6.45) is 3.19. The minimum Gasteiger partial charge on any atom is -0.322 e. The monoisotopic (exact) mass is 479 g/mol. The van der Waals surface area contributed by atoms with Gasteiger partial charge in [-0.05, 0) is 74.4 Å². The van der Waals surface area contributed by atoms with Gasteiger partial charge in [0.05, 0.1) is 17.5 Å². The Morgan fingerprint density at radius 3 is 2.00 bits per heavy atom. The van der Waals surface area contributed by atoms with Crippen LogP contribution in [0.2, 0.25) is 0 Å². The van der Waals surface area contributed by atoms with Crippen molar-refractivity contribution in [1.82, 2.24) is 0 Å². The molecule has 5 rings (SSSR count). The highest BCUT2D eigenvalue weighted by atomic mass is 16.2. The zero-order valence-electron chi connectivity index (χ0n) is 19.7. The maximum Gasteiger partial charge on any atom is 0.255 e. The van der Waals surface area contributed by atoms with Gasteiger partial charge in [-0.2, -0.15) is 0 Å². The van der Waals surface area contributed by atoms with E-state index in [0.717, 1.165) is 5.57 Å². The van der Waals surface area contributed by atoms with E-state index >= 15 is 0 Å². The third kappa shape index (κ3) is 4.55. The standard InChI is InChI=1S/C29H25N3O4/c1-18-10-15-24-25(16-18)29(36)32(28(24)35)23-9-5-8-20(17-23)27(34)31-22-13-11-21(12-14-22)30-26(33)19-6-3-2-4-7-19/h2-14,17,24-25H,15-16H2,1H3,(H,30,33)(H,31,34)/t24-,25-/m1/s1. The Bertz CT molecular complexity index is 1380. The second-order valence-corrected chi connectivity index (χ2v) is 9.12. The van der Waals surface area contributed by atoms with E-state index in [4.69, 9.17) is 0 Å². The number of anilines is 3. The summed E-state index contributed by atoms with van der Waals surface area (Å²) in [4.78, 5) is 52.4. The molecule has 36 heavy (non-hydrogen) atoms. The molecular formula is C29H25N3O4. The predicted molar refractivity (Wildman–Crippen MR) is 138 cm³/mol. The number of hydrogen-bond donors (Lipinski definition) is 2. The number of nitrogens with one attached hydrogen (secondary N) is 2. The van der Waals surface area contributed by atoms with E-state index in [1.54, 1.807) is 72.8 Å². The van der Waals surface area contributed by atoms with Gasteiger partial charge >= 0.3 is 0 Å². The molecule has 1 fully saturated rings. The van der Waals surface area contributed by atoms with Crippen LogP contribution in [0.3, 0.4) is 0 Å². The molecule has 1 heterocycles. The molecule has 2 aliphatic rings. The van der Waals surface area contributed by atoms with Crippen LogP contribution in [0.1, 0.15) is 40.5 Å². The van der Waals surface area contributed by atoms with Crippen molar-refractivity contribution in [3.05, 3.63) is 102 Å². The lowest BCUT2D eigenvalue weighted by molar-refractivity contribution is -0.122. The topological polar surface area (TPSA) is 95.6 Å². The van der Waals surface area contributed by atoms with Crippen molar-refractivity contribution in [1.29, 1.82) is 0 Å². The lowest BCUT2D eigenvalue weighted by atomic mass is 9.82. The first-order chi connectivity index (χ1) is 17.4. The second-order valence-electron chi connectivity index (χ2n) is 9.12. The van der Waals surface area contributed by atoms with Crippen molar-refractivity contribution in [2.75, 3.05) is 15.5 Å². The Kier molecular flexibility index (Phi) is 6.21. The maximum absolute atomic E-state index is 13.0. The van der Waals surface area contributed by atoms with Crippen molar-refractivity contribution in [2.45, 2.75) is 19.8 Å². The van der Waals surface area contributed by atoms with E-state index in [2.05, 4.69) is 10.6 Å². The fourth-order valence-corrected chi connectivity index (χ4v) is 4.71. The molecule has 0 unspecified atom stereocenters. The zero-order chi connectivity index (χ0) is 25.2. The van der Waals surface area contributed by atoms with Crippen LogP contribution >= 0.6 is 0 Å². The molecule has 0 saturated carbocycles. The number of rotatable bonds is 5. The number of amides is 4. The smallest absolute Gasteiger partial charge is 0.255 e. The Hall–Kier alpha value is -4.52. The first kappa shape index (κ1) is 23.2. The van der Waals surface area contributed by atoms with Gasteiger partial charge in [0.1, 0.15) is 0 Å². The third-order valence-electron chi connectivity index (χ3n) is 6.63. The van der Waals surface area contributed by atoms with Crippen LogP contribution in [0.15, 0.2) is 90.5 Å². The molecule has 1 aliphatic heterocycles. The van der Waals surface area contributed by atoms with Crippen LogP contribution in [0.25, 0.3) is 0 Å². The van der Waals surface area contributed by atoms with Gasteiger partial charge in [-0.3, -0.25) is 24.1 Å². The Morgan fingerprint density at radius 1 is 0.750 bits per heavy atom. The fraction of sp³-hybridized carbons (Fsp3) is 0.172. The lowest BCUT2D eigenvalue weighted by Gasteiger charge is -2.18. The van der Waals surface area contributed by atoms with Crippen LogP contribution in [-0.2, 0) is 9.59 Å². The Balaban J connectivity index is 1.26. The number of hydrogen-bond acceptors (Lipinski definition) is 4. The number of imide groups is 1. The number of benzene rings is 3. The SMILES string of the molecule is CC1=CC[C@H]2C(=O)N(c3cccc(C(=O)Nc4ccc(NC(=O)c5ccccc5)cc4)c3)C(=O)[C@@H]2C1. The average Bonchev–Trinajstić information content (AvgIpc) is 3.14. The number of carbonyl (C=O) groups is 4. The number of nitrogens with zero attached hydrogens (tertiary/aromatic N) is 1. The summed E-state index contributed by atoms with van der Waals surface area (Å²) in [6.45, 7) is 1.98. The highest BCUT2D eigenvalue weighted by Gasteiger charge is 2.48.